The number of halogens is 2. The molecule has 1 unspecified atom stereocenters. The Morgan fingerprint density at radius 2 is 1.65 bits per heavy atom. The molecule has 2 saturated carbocycles. The Balaban J connectivity index is 1.37. The van der Waals surface area contributed by atoms with Gasteiger partial charge in [-0.05, 0) is 86.3 Å². The summed E-state index contributed by atoms with van der Waals surface area (Å²) in [5, 5.41) is 12.0. The molecule has 4 N–H and O–H groups in total. The maximum Gasteiger partial charge on any atom is 0.408 e. The predicted molar refractivity (Wildman–Crippen MR) is 182 cm³/mol. The molecular formula is C36H44Cl2N4O6. The van der Waals surface area contributed by atoms with E-state index in [0.29, 0.717) is 23.0 Å². The molecule has 2 aromatic rings. The lowest BCUT2D eigenvalue weighted by atomic mass is 9.72. The zero-order chi connectivity index (χ0) is 34.4. The van der Waals surface area contributed by atoms with Gasteiger partial charge < -0.3 is 26.0 Å². The van der Waals surface area contributed by atoms with Gasteiger partial charge in [-0.25, -0.2) is 4.79 Å². The van der Waals surface area contributed by atoms with Crippen LogP contribution < -0.4 is 21.3 Å². The molecule has 3 fully saturated rings. The molecule has 2 aromatic carbocycles. The standard InChI is InChI=1S/C36H44Cl2N4O6/c1-21(2)18-29(33(45)41-28(19-23-14-17-39-32(23)44)30(43)34(46)40-27-12-13-27)42-35(47)48-31(22-8-10-25(37)11-9-22)36(15-3-4-16-36)24-6-5-7-26(38)20-24/h5-11,20-21,23,27-29,31H,3-4,12-19H2,1-2H3,(H,39,44)(H,40,46)(H,41,45)(H,42,47)/t23-,28-,29-,31?/m0/s1. The molecule has 3 aliphatic rings. The molecule has 4 amide bonds. The van der Waals surface area contributed by atoms with E-state index in [2.05, 4.69) is 21.3 Å². The first-order valence-corrected chi connectivity index (χ1v) is 17.6. The molecule has 258 valence electrons. The Hall–Kier alpha value is -3.63. The van der Waals surface area contributed by atoms with E-state index >= 15 is 0 Å². The lowest BCUT2D eigenvalue weighted by molar-refractivity contribution is -0.141. The average molecular weight is 700 g/mol. The number of alkyl carbamates (subject to hydrolysis) is 1. The highest BCUT2D eigenvalue weighted by atomic mass is 35.5. The summed E-state index contributed by atoms with van der Waals surface area (Å²) in [4.78, 5) is 66.0. The zero-order valence-electron chi connectivity index (χ0n) is 27.4. The van der Waals surface area contributed by atoms with Crippen LogP contribution in [0.1, 0.15) is 88.9 Å². The molecule has 2 aliphatic carbocycles. The smallest absolute Gasteiger partial charge is 0.408 e. The quantitative estimate of drug-likeness (QED) is 0.191. The Labute approximate surface area is 291 Å². The Morgan fingerprint density at radius 3 is 2.25 bits per heavy atom. The number of Topliss-reactive ketones (excluding diaryl/α,β-unsaturated/α-hetero) is 1. The van der Waals surface area contributed by atoms with Crippen molar-refractivity contribution in [1.82, 2.24) is 21.3 Å². The first-order valence-electron chi connectivity index (χ1n) is 16.9. The number of hydrogen-bond acceptors (Lipinski definition) is 6. The van der Waals surface area contributed by atoms with Crippen molar-refractivity contribution in [3.8, 4) is 0 Å². The average Bonchev–Trinajstić information content (AvgIpc) is 3.55. The summed E-state index contributed by atoms with van der Waals surface area (Å²) in [6, 6.07) is 12.4. The van der Waals surface area contributed by atoms with Crippen molar-refractivity contribution < 1.29 is 28.7 Å². The van der Waals surface area contributed by atoms with Gasteiger partial charge >= 0.3 is 6.09 Å². The molecule has 48 heavy (non-hydrogen) atoms. The summed E-state index contributed by atoms with van der Waals surface area (Å²) >= 11 is 12.7. The van der Waals surface area contributed by atoms with E-state index in [1.165, 1.54) is 0 Å². The molecular weight excluding hydrogens is 655 g/mol. The minimum absolute atomic E-state index is 0.0197. The summed E-state index contributed by atoms with van der Waals surface area (Å²) in [6.07, 6.45) is 4.15. The number of ether oxygens (including phenoxy) is 1. The fraction of sp³-hybridized carbons (Fsp3) is 0.528. The molecule has 1 aliphatic heterocycles. The van der Waals surface area contributed by atoms with E-state index < -0.39 is 53.2 Å². The van der Waals surface area contributed by atoms with Gasteiger partial charge in [-0.2, -0.15) is 0 Å². The van der Waals surface area contributed by atoms with E-state index in [1.807, 2.05) is 44.2 Å². The van der Waals surface area contributed by atoms with E-state index in [0.717, 1.165) is 49.7 Å². The van der Waals surface area contributed by atoms with Crippen LogP contribution in [0.5, 0.6) is 0 Å². The van der Waals surface area contributed by atoms with E-state index in [4.69, 9.17) is 27.9 Å². The van der Waals surface area contributed by atoms with Gasteiger partial charge in [0.05, 0.1) is 6.04 Å². The zero-order valence-corrected chi connectivity index (χ0v) is 28.9. The number of nitrogens with one attached hydrogen (secondary N) is 4. The molecule has 0 radical (unpaired) electrons. The van der Waals surface area contributed by atoms with Gasteiger partial charge in [-0.3, -0.25) is 19.2 Å². The fourth-order valence-corrected chi connectivity index (χ4v) is 7.25. The van der Waals surface area contributed by atoms with Gasteiger partial charge in [0.25, 0.3) is 5.91 Å². The Kier molecular flexibility index (Phi) is 11.7. The van der Waals surface area contributed by atoms with Gasteiger partial charge in [-0.15, -0.1) is 0 Å². The van der Waals surface area contributed by atoms with Crippen molar-refractivity contribution in [2.24, 2.45) is 11.8 Å². The van der Waals surface area contributed by atoms with Gasteiger partial charge in [0.2, 0.25) is 17.6 Å². The van der Waals surface area contributed by atoms with Crippen molar-refractivity contribution in [1.29, 1.82) is 0 Å². The van der Waals surface area contributed by atoms with Crippen LogP contribution in [0.4, 0.5) is 4.79 Å². The summed E-state index contributed by atoms with van der Waals surface area (Å²) in [5.41, 5.74) is 1.14. The lowest BCUT2D eigenvalue weighted by Crippen LogP contribution is -2.55. The van der Waals surface area contributed by atoms with Crippen LogP contribution in [0, 0.1) is 11.8 Å². The molecule has 4 atom stereocenters. The maximum absolute atomic E-state index is 13.8. The van der Waals surface area contributed by atoms with Gasteiger partial charge in [0.15, 0.2) is 0 Å². The molecule has 12 heteroatoms. The highest BCUT2D eigenvalue weighted by Gasteiger charge is 2.46. The molecule has 5 rings (SSSR count). The Morgan fingerprint density at radius 1 is 0.938 bits per heavy atom. The van der Waals surface area contributed by atoms with E-state index in [9.17, 15) is 24.0 Å². The van der Waals surface area contributed by atoms with Gasteiger partial charge in [-0.1, -0.05) is 74.2 Å². The van der Waals surface area contributed by atoms with Crippen molar-refractivity contribution >= 4 is 52.8 Å². The number of hydrogen-bond donors (Lipinski definition) is 4. The number of amides is 4. The van der Waals surface area contributed by atoms with Crippen LogP contribution in [0.25, 0.3) is 0 Å². The summed E-state index contributed by atoms with van der Waals surface area (Å²) < 4.78 is 6.28. The lowest BCUT2D eigenvalue weighted by Gasteiger charge is -2.38. The van der Waals surface area contributed by atoms with Crippen molar-refractivity contribution in [2.75, 3.05) is 6.54 Å². The normalized spacial score (nSPS) is 20.4. The van der Waals surface area contributed by atoms with E-state index in [1.54, 1.807) is 18.2 Å². The molecule has 0 spiro atoms. The third-order valence-corrected chi connectivity index (χ3v) is 10.0. The summed E-state index contributed by atoms with van der Waals surface area (Å²) in [5.74, 6) is -3.00. The van der Waals surface area contributed by atoms with Gasteiger partial charge in [0, 0.05) is 34.0 Å². The Bertz CT molecular complexity index is 1510. The van der Waals surface area contributed by atoms with Crippen LogP contribution in [0.3, 0.4) is 0 Å². The van der Waals surface area contributed by atoms with Gasteiger partial charge in [0.1, 0.15) is 12.1 Å². The molecule has 0 aromatic heterocycles. The van der Waals surface area contributed by atoms with Crippen molar-refractivity contribution in [3.63, 3.8) is 0 Å². The van der Waals surface area contributed by atoms with Crippen LogP contribution in [-0.2, 0) is 29.3 Å². The third-order valence-electron chi connectivity index (χ3n) is 9.56. The van der Waals surface area contributed by atoms with Crippen LogP contribution >= 0.6 is 23.2 Å². The predicted octanol–water partition coefficient (Wildman–Crippen LogP) is 5.55. The molecule has 1 heterocycles. The number of rotatable bonds is 14. The second-order valence-electron chi connectivity index (χ2n) is 13.7. The minimum atomic E-state index is -1.23. The second kappa shape index (κ2) is 15.7. The third kappa shape index (κ3) is 8.88. The monoisotopic (exact) mass is 698 g/mol. The first kappa shape index (κ1) is 35.7. The number of carbonyl (C=O) groups is 5. The largest absolute Gasteiger partial charge is 0.440 e. The minimum Gasteiger partial charge on any atom is -0.440 e. The van der Waals surface area contributed by atoms with E-state index in [-0.39, 0.29) is 30.7 Å². The first-order chi connectivity index (χ1) is 22.9. The summed E-state index contributed by atoms with van der Waals surface area (Å²) in [6.45, 7) is 4.28. The summed E-state index contributed by atoms with van der Waals surface area (Å²) in [7, 11) is 0. The molecule has 0 bridgehead atoms. The molecule has 1 saturated heterocycles. The fourth-order valence-electron chi connectivity index (χ4n) is 6.93. The number of benzene rings is 2. The number of ketones is 1. The van der Waals surface area contributed by atoms with Crippen LogP contribution in [0.15, 0.2) is 48.5 Å². The van der Waals surface area contributed by atoms with Crippen molar-refractivity contribution in [2.45, 2.75) is 101 Å². The molecule has 10 nitrogen and oxygen atoms in total. The maximum atomic E-state index is 13.8. The topological polar surface area (TPSA) is 143 Å². The van der Waals surface area contributed by atoms with Crippen molar-refractivity contribution in [3.05, 3.63) is 69.7 Å². The SMILES string of the molecule is CC(C)C[C@H](NC(=O)OC(c1ccc(Cl)cc1)C1(c2cccc(Cl)c2)CCCC1)C(=O)N[C@@H](C[C@@H]1CCNC1=O)C(=O)C(=O)NC1CC1. The highest BCUT2D eigenvalue weighted by molar-refractivity contribution is 6.38. The second-order valence-corrected chi connectivity index (χ2v) is 14.6. The highest BCUT2D eigenvalue weighted by Crippen LogP contribution is 2.52. The number of carbonyl (C=O) groups excluding carboxylic acids is 5. The van der Waals surface area contributed by atoms with Crippen LogP contribution in [-0.4, -0.2) is 54.3 Å². The van der Waals surface area contributed by atoms with Crippen LogP contribution in [0.2, 0.25) is 10.0 Å².